The van der Waals surface area contributed by atoms with Crippen LogP contribution in [0.4, 0.5) is 0 Å². The summed E-state index contributed by atoms with van der Waals surface area (Å²) in [5.74, 6) is 0. The fourth-order valence-electron chi connectivity index (χ4n) is 2.86. The summed E-state index contributed by atoms with van der Waals surface area (Å²) in [5.41, 5.74) is 2.88. The van der Waals surface area contributed by atoms with Crippen molar-refractivity contribution in [2.45, 2.75) is 13.2 Å². The largest absolute Gasteiger partial charge is 0.391 e. The van der Waals surface area contributed by atoms with Crippen molar-refractivity contribution in [3.63, 3.8) is 0 Å². The van der Waals surface area contributed by atoms with Gasteiger partial charge in [0.2, 0.25) is 0 Å². The van der Waals surface area contributed by atoms with E-state index in [1.807, 2.05) is 47.2 Å². The smallest absolute Gasteiger partial charge is 0.142 e. The van der Waals surface area contributed by atoms with Crippen molar-refractivity contribution >= 4 is 28.1 Å². The van der Waals surface area contributed by atoms with Gasteiger partial charge < -0.3 is 9.40 Å². The number of rotatable bonds is 6. The van der Waals surface area contributed by atoms with Crippen molar-refractivity contribution in [1.29, 1.82) is 0 Å². The summed E-state index contributed by atoms with van der Waals surface area (Å²) in [6.45, 7) is 0.969. The van der Waals surface area contributed by atoms with Gasteiger partial charge in [0, 0.05) is 23.0 Å². The van der Waals surface area contributed by atoms with E-state index < -0.39 is 0 Å². The van der Waals surface area contributed by atoms with E-state index in [9.17, 15) is 0 Å². The van der Waals surface area contributed by atoms with Gasteiger partial charge in [-0.25, -0.2) is 4.98 Å². The van der Waals surface area contributed by atoms with E-state index in [0.717, 1.165) is 16.8 Å². The van der Waals surface area contributed by atoms with Crippen molar-refractivity contribution in [2.24, 2.45) is 5.16 Å². The Morgan fingerprint density at radius 1 is 1.00 bits per heavy atom. The quantitative estimate of drug-likeness (QED) is 0.338. The molecule has 0 atom stereocenters. The van der Waals surface area contributed by atoms with E-state index in [1.165, 1.54) is 10.8 Å². The normalized spacial score (nSPS) is 11.7. The van der Waals surface area contributed by atoms with E-state index in [2.05, 4.69) is 40.5 Å². The number of imidazole rings is 1. The average Bonchev–Trinajstić information content (AvgIpc) is 3.21. The molecule has 0 fully saturated rings. The van der Waals surface area contributed by atoms with E-state index in [4.69, 9.17) is 16.4 Å². The highest BCUT2D eigenvalue weighted by Gasteiger charge is 2.07. The molecule has 4 aromatic rings. The van der Waals surface area contributed by atoms with Crippen LogP contribution in [0.5, 0.6) is 0 Å². The van der Waals surface area contributed by atoms with Gasteiger partial charge >= 0.3 is 0 Å². The van der Waals surface area contributed by atoms with Crippen molar-refractivity contribution in [3.8, 4) is 0 Å². The van der Waals surface area contributed by atoms with Crippen LogP contribution in [0.15, 0.2) is 90.6 Å². The summed E-state index contributed by atoms with van der Waals surface area (Å²) in [5, 5.41) is 7.51. The minimum atomic E-state index is 0.387. The number of aromatic nitrogens is 2. The van der Waals surface area contributed by atoms with Gasteiger partial charge in [-0.2, -0.15) is 0 Å². The van der Waals surface area contributed by atoms with Crippen LogP contribution in [0, 0.1) is 0 Å². The molecule has 0 aliphatic carbocycles. The number of oxime groups is 1. The van der Waals surface area contributed by atoms with Gasteiger partial charge in [-0.05, 0) is 34.5 Å². The second kappa shape index (κ2) is 8.06. The number of nitrogens with zero attached hydrogens (tertiary/aromatic N) is 3. The number of hydrogen-bond acceptors (Lipinski definition) is 3. The highest BCUT2D eigenvalue weighted by Crippen LogP contribution is 2.17. The molecule has 0 saturated carbocycles. The van der Waals surface area contributed by atoms with Crippen LogP contribution in [-0.2, 0) is 18.0 Å². The fourth-order valence-corrected chi connectivity index (χ4v) is 2.99. The van der Waals surface area contributed by atoms with Crippen molar-refractivity contribution in [3.05, 3.63) is 102 Å². The first kappa shape index (κ1) is 17.3. The molecule has 27 heavy (non-hydrogen) atoms. The number of fused-ring (bicyclic) bond motifs is 1. The Bertz CT molecular complexity index is 1060. The zero-order valence-corrected chi connectivity index (χ0v) is 15.4. The first-order valence-corrected chi connectivity index (χ1v) is 9.04. The minimum absolute atomic E-state index is 0.387. The average molecular weight is 376 g/mol. The highest BCUT2D eigenvalue weighted by molar-refractivity contribution is 6.30. The fraction of sp³-hybridized carbons (Fsp3) is 0.0909. The molecule has 1 heterocycles. The summed E-state index contributed by atoms with van der Waals surface area (Å²) in [7, 11) is 0. The standard InChI is InChI=1S/C22H18ClN3O/c23-21-9-5-17(6-10-21)15-27-25-22(14-26-12-11-24-16-26)20-8-7-18-3-1-2-4-19(18)13-20/h1-13,16H,14-15H2/b25-22+. The zero-order valence-electron chi connectivity index (χ0n) is 14.6. The summed E-state index contributed by atoms with van der Waals surface area (Å²) < 4.78 is 1.97. The predicted octanol–water partition coefficient (Wildman–Crippen LogP) is 5.31. The molecule has 0 N–H and O–H groups in total. The molecule has 5 heteroatoms. The second-order valence-electron chi connectivity index (χ2n) is 6.23. The van der Waals surface area contributed by atoms with Crippen LogP contribution in [-0.4, -0.2) is 15.3 Å². The van der Waals surface area contributed by atoms with Crippen molar-refractivity contribution in [2.75, 3.05) is 0 Å². The highest BCUT2D eigenvalue weighted by atomic mass is 35.5. The molecule has 1 aromatic heterocycles. The van der Waals surface area contributed by atoms with Crippen LogP contribution in [0.3, 0.4) is 0 Å². The SMILES string of the molecule is Clc1ccc(CO/N=C(\Cn2ccnc2)c2ccc3ccccc3c2)cc1. The molecule has 0 aliphatic rings. The van der Waals surface area contributed by atoms with Crippen molar-refractivity contribution < 1.29 is 4.84 Å². The van der Waals surface area contributed by atoms with Gasteiger partial charge in [-0.3, -0.25) is 0 Å². The molecule has 4 rings (SSSR count). The first-order chi connectivity index (χ1) is 13.3. The molecule has 0 radical (unpaired) electrons. The number of benzene rings is 3. The topological polar surface area (TPSA) is 39.4 Å². The van der Waals surface area contributed by atoms with Gasteiger partial charge in [0.15, 0.2) is 0 Å². The third kappa shape index (κ3) is 4.36. The molecule has 0 saturated heterocycles. The van der Waals surface area contributed by atoms with E-state index in [-0.39, 0.29) is 0 Å². The molecule has 0 aliphatic heterocycles. The molecule has 0 amide bonds. The minimum Gasteiger partial charge on any atom is -0.391 e. The molecule has 3 aromatic carbocycles. The summed E-state index contributed by atoms with van der Waals surface area (Å²) in [4.78, 5) is 9.76. The molecular weight excluding hydrogens is 358 g/mol. The molecular formula is C22H18ClN3O. The van der Waals surface area contributed by atoms with E-state index >= 15 is 0 Å². The Balaban J connectivity index is 1.59. The lowest BCUT2D eigenvalue weighted by molar-refractivity contribution is 0.130. The maximum absolute atomic E-state index is 5.93. The lowest BCUT2D eigenvalue weighted by Crippen LogP contribution is -2.11. The van der Waals surface area contributed by atoms with Gasteiger partial charge in [-0.1, -0.05) is 65.3 Å². The lowest BCUT2D eigenvalue weighted by atomic mass is 10.0. The lowest BCUT2D eigenvalue weighted by Gasteiger charge is -2.09. The van der Waals surface area contributed by atoms with Gasteiger partial charge in [0.25, 0.3) is 0 Å². The van der Waals surface area contributed by atoms with Gasteiger partial charge in [0.05, 0.1) is 12.9 Å². The van der Waals surface area contributed by atoms with Crippen LogP contribution in [0.25, 0.3) is 10.8 Å². The van der Waals surface area contributed by atoms with Crippen LogP contribution in [0.2, 0.25) is 5.02 Å². The van der Waals surface area contributed by atoms with Crippen LogP contribution in [0.1, 0.15) is 11.1 Å². The third-order valence-electron chi connectivity index (χ3n) is 4.29. The van der Waals surface area contributed by atoms with Gasteiger partial charge in [-0.15, -0.1) is 0 Å². The molecule has 4 nitrogen and oxygen atoms in total. The van der Waals surface area contributed by atoms with Crippen molar-refractivity contribution in [1.82, 2.24) is 9.55 Å². The Morgan fingerprint density at radius 2 is 1.81 bits per heavy atom. The van der Waals surface area contributed by atoms with Crippen LogP contribution >= 0.6 is 11.6 Å². The monoisotopic (exact) mass is 375 g/mol. The number of hydrogen-bond donors (Lipinski definition) is 0. The Morgan fingerprint density at radius 3 is 2.59 bits per heavy atom. The Hall–Kier alpha value is -3.11. The van der Waals surface area contributed by atoms with E-state index in [1.54, 1.807) is 12.5 Å². The van der Waals surface area contributed by atoms with Crippen LogP contribution < -0.4 is 0 Å². The van der Waals surface area contributed by atoms with E-state index in [0.29, 0.717) is 18.2 Å². The first-order valence-electron chi connectivity index (χ1n) is 8.66. The molecule has 134 valence electrons. The zero-order chi connectivity index (χ0) is 18.5. The number of halogens is 1. The maximum Gasteiger partial charge on any atom is 0.142 e. The maximum atomic E-state index is 5.93. The van der Waals surface area contributed by atoms with Gasteiger partial charge in [0.1, 0.15) is 12.3 Å². The predicted molar refractivity (Wildman–Crippen MR) is 109 cm³/mol. The second-order valence-corrected chi connectivity index (χ2v) is 6.67. The summed E-state index contributed by atoms with van der Waals surface area (Å²) in [6, 6.07) is 22.2. The summed E-state index contributed by atoms with van der Waals surface area (Å²) >= 11 is 5.93. The summed E-state index contributed by atoms with van der Waals surface area (Å²) in [6.07, 6.45) is 5.44. The Labute approximate surface area is 162 Å². The Kier molecular flexibility index (Phi) is 5.17. The third-order valence-corrected chi connectivity index (χ3v) is 4.55. The molecule has 0 bridgehead atoms. The molecule has 0 spiro atoms. The molecule has 0 unspecified atom stereocenters.